The number of sulfone groups is 1. The van der Waals surface area contributed by atoms with Gasteiger partial charge in [0.2, 0.25) is 5.91 Å². The fourth-order valence-corrected chi connectivity index (χ4v) is 4.72. The second kappa shape index (κ2) is 7.91. The number of nitrogens with one attached hydrogen (secondary N) is 1. The van der Waals surface area contributed by atoms with E-state index >= 15 is 0 Å². The van der Waals surface area contributed by atoms with Crippen LogP contribution >= 0.6 is 0 Å². The van der Waals surface area contributed by atoms with Gasteiger partial charge in [-0.3, -0.25) is 9.59 Å². The van der Waals surface area contributed by atoms with Crippen molar-refractivity contribution in [2.45, 2.75) is 19.4 Å². The lowest BCUT2D eigenvalue weighted by molar-refractivity contribution is -0.122. The van der Waals surface area contributed by atoms with Crippen LogP contribution in [0.4, 0.5) is 0 Å². The normalized spacial score (nSPS) is 18.2. The maximum absolute atomic E-state index is 12.7. The lowest BCUT2D eigenvalue weighted by Crippen LogP contribution is -2.44. The Bertz CT molecular complexity index is 907. The third-order valence-corrected chi connectivity index (χ3v) is 6.25. The highest BCUT2D eigenvalue weighted by Gasteiger charge is 2.29. The number of rotatable bonds is 6. The number of carbonyl (C=O) groups excluding carboxylic acids is 2. The van der Waals surface area contributed by atoms with Gasteiger partial charge in [0.25, 0.3) is 5.91 Å². The minimum absolute atomic E-state index is 0.0340. The fraction of sp³-hybridized carbons (Fsp3) is 0.389. The summed E-state index contributed by atoms with van der Waals surface area (Å²) in [4.78, 5) is 26.3. The first kappa shape index (κ1) is 19.1. The summed E-state index contributed by atoms with van der Waals surface area (Å²) in [7, 11) is -3.06. The van der Waals surface area contributed by atoms with Crippen LogP contribution in [0.15, 0.2) is 42.7 Å². The Kier molecular flexibility index (Phi) is 5.59. The molecule has 1 aromatic heterocycles. The third kappa shape index (κ3) is 4.73. The van der Waals surface area contributed by atoms with Crippen molar-refractivity contribution in [3.63, 3.8) is 0 Å². The molecule has 9 heteroatoms. The van der Waals surface area contributed by atoms with E-state index in [1.807, 2.05) is 12.3 Å². The molecule has 1 aromatic carbocycles. The molecule has 2 heterocycles. The molecule has 1 saturated heterocycles. The molecule has 0 aliphatic carbocycles. The number of likely N-dealkylation sites (N-methyl/N-ethyl adjacent to an activating group) is 1. The molecular formula is C18H22N4O4S. The van der Waals surface area contributed by atoms with Gasteiger partial charge in [-0.05, 0) is 43.7 Å². The molecule has 0 bridgehead atoms. The molecule has 27 heavy (non-hydrogen) atoms. The molecule has 1 fully saturated rings. The van der Waals surface area contributed by atoms with Crippen LogP contribution < -0.4 is 5.32 Å². The van der Waals surface area contributed by atoms with Crippen LogP contribution in [0.2, 0.25) is 0 Å². The van der Waals surface area contributed by atoms with Crippen LogP contribution in [0.1, 0.15) is 23.7 Å². The lowest BCUT2D eigenvalue weighted by Gasteiger charge is -2.21. The van der Waals surface area contributed by atoms with E-state index in [9.17, 15) is 18.0 Å². The van der Waals surface area contributed by atoms with Crippen molar-refractivity contribution >= 4 is 21.7 Å². The molecule has 1 aliphatic rings. The van der Waals surface area contributed by atoms with Gasteiger partial charge in [0, 0.05) is 30.5 Å². The van der Waals surface area contributed by atoms with Gasteiger partial charge in [0.05, 0.1) is 23.7 Å². The number of carbonyl (C=O) groups is 2. The van der Waals surface area contributed by atoms with Crippen molar-refractivity contribution < 1.29 is 18.0 Å². The van der Waals surface area contributed by atoms with Crippen molar-refractivity contribution in [3.8, 4) is 5.69 Å². The first-order chi connectivity index (χ1) is 12.9. The topological polar surface area (TPSA) is 101 Å². The van der Waals surface area contributed by atoms with Crippen LogP contribution in [-0.4, -0.2) is 65.5 Å². The van der Waals surface area contributed by atoms with E-state index in [1.54, 1.807) is 42.1 Å². The van der Waals surface area contributed by atoms with Crippen LogP contribution in [0.5, 0.6) is 0 Å². The monoisotopic (exact) mass is 390 g/mol. The highest BCUT2D eigenvalue weighted by atomic mass is 32.2. The van der Waals surface area contributed by atoms with E-state index in [4.69, 9.17) is 0 Å². The molecule has 1 atom stereocenters. The second-order valence-electron chi connectivity index (χ2n) is 6.48. The summed E-state index contributed by atoms with van der Waals surface area (Å²) < 4.78 is 24.7. The average molecular weight is 390 g/mol. The minimum atomic E-state index is -3.06. The molecular weight excluding hydrogens is 368 g/mol. The van der Waals surface area contributed by atoms with Crippen molar-refractivity contribution in [2.75, 3.05) is 24.6 Å². The molecule has 8 nitrogen and oxygen atoms in total. The summed E-state index contributed by atoms with van der Waals surface area (Å²) in [5.41, 5.74) is 1.31. The van der Waals surface area contributed by atoms with Crippen LogP contribution in [-0.2, 0) is 14.6 Å². The Morgan fingerprint density at radius 2 is 2.04 bits per heavy atom. The Labute approximate surface area is 158 Å². The van der Waals surface area contributed by atoms with E-state index in [0.717, 1.165) is 5.69 Å². The van der Waals surface area contributed by atoms with Gasteiger partial charge >= 0.3 is 0 Å². The number of hydrogen-bond donors (Lipinski definition) is 1. The van der Waals surface area contributed by atoms with Gasteiger partial charge in [-0.1, -0.05) is 0 Å². The van der Waals surface area contributed by atoms with Crippen molar-refractivity contribution in [3.05, 3.63) is 48.3 Å². The highest BCUT2D eigenvalue weighted by molar-refractivity contribution is 7.91. The Hall–Kier alpha value is -2.68. The number of benzene rings is 1. The number of amides is 2. The van der Waals surface area contributed by atoms with E-state index in [-0.39, 0.29) is 35.9 Å². The zero-order valence-corrected chi connectivity index (χ0v) is 15.9. The zero-order chi connectivity index (χ0) is 19.4. The number of nitrogens with zero attached hydrogens (tertiary/aromatic N) is 3. The maximum atomic E-state index is 12.7. The van der Waals surface area contributed by atoms with E-state index < -0.39 is 9.84 Å². The summed E-state index contributed by atoms with van der Waals surface area (Å²) >= 11 is 0. The molecule has 2 amide bonds. The molecule has 3 rings (SSSR count). The molecule has 1 N–H and O–H groups in total. The molecule has 2 aromatic rings. The minimum Gasteiger partial charge on any atom is -0.351 e. The summed E-state index contributed by atoms with van der Waals surface area (Å²) in [6.07, 6.45) is 3.90. The Morgan fingerprint density at radius 3 is 2.59 bits per heavy atom. The molecule has 0 saturated carbocycles. The zero-order valence-electron chi connectivity index (χ0n) is 15.0. The summed E-state index contributed by atoms with van der Waals surface area (Å²) in [6, 6.07) is 8.42. The fourth-order valence-electron chi connectivity index (χ4n) is 3.04. The predicted octanol–water partition coefficient (Wildman–Crippen LogP) is 0.638. The summed E-state index contributed by atoms with van der Waals surface area (Å²) in [6.45, 7) is 2.06. The quantitative estimate of drug-likeness (QED) is 0.780. The Balaban J connectivity index is 1.61. The van der Waals surface area contributed by atoms with Crippen molar-refractivity contribution in [1.29, 1.82) is 0 Å². The average Bonchev–Trinajstić information content (AvgIpc) is 3.29. The first-order valence-corrected chi connectivity index (χ1v) is 10.6. The molecule has 0 spiro atoms. The van der Waals surface area contributed by atoms with E-state index in [0.29, 0.717) is 18.5 Å². The van der Waals surface area contributed by atoms with Gasteiger partial charge in [0.1, 0.15) is 0 Å². The van der Waals surface area contributed by atoms with E-state index in [1.165, 1.54) is 4.90 Å². The first-order valence-electron chi connectivity index (χ1n) is 8.77. The van der Waals surface area contributed by atoms with Crippen LogP contribution in [0.25, 0.3) is 5.69 Å². The van der Waals surface area contributed by atoms with Gasteiger partial charge < -0.3 is 10.2 Å². The number of aromatic nitrogens is 2. The third-order valence-electron chi connectivity index (χ3n) is 4.48. The predicted molar refractivity (Wildman–Crippen MR) is 100 cm³/mol. The second-order valence-corrected chi connectivity index (χ2v) is 8.71. The standard InChI is InChI=1S/C18H22N4O4S/c1-2-21(12-17(23)20-15-8-11-27(25,26)13-15)18(24)14-4-6-16(7-5-14)22-10-3-9-19-22/h3-7,9-10,15H,2,8,11-13H2,1H3,(H,20,23). The molecule has 1 aliphatic heterocycles. The van der Waals surface area contributed by atoms with Crippen molar-refractivity contribution in [1.82, 2.24) is 20.0 Å². The molecule has 0 radical (unpaired) electrons. The maximum Gasteiger partial charge on any atom is 0.254 e. The highest BCUT2D eigenvalue weighted by Crippen LogP contribution is 2.13. The van der Waals surface area contributed by atoms with Gasteiger partial charge in [0.15, 0.2) is 9.84 Å². The van der Waals surface area contributed by atoms with Crippen LogP contribution in [0, 0.1) is 0 Å². The van der Waals surface area contributed by atoms with E-state index in [2.05, 4.69) is 10.4 Å². The number of hydrogen-bond acceptors (Lipinski definition) is 5. The van der Waals surface area contributed by atoms with Gasteiger partial charge in [-0.15, -0.1) is 0 Å². The van der Waals surface area contributed by atoms with Crippen LogP contribution in [0.3, 0.4) is 0 Å². The lowest BCUT2D eigenvalue weighted by atomic mass is 10.1. The van der Waals surface area contributed by atoms with Crippen molar-refractivity contribution in [2.24, 2.45) is 0 Å². The smallest absolute Gasteiger partial charge is 0.254 e. The molecule has 144 valence electrons. The molecule has 1 unspecified atom stereocenters. The van der Waals surface area contributed by atoms with Gasteiger partial charge in [-0.25, -0.2) is 13.1 Å². The SMILES string of the molecule is CCN(CC(=O)NC1CCS(=O)(=O)C1)C(=O)c1ccc(-n2cccn2)cc1. The summed E-state index contributed by atoms with van der Waals surface area (Å²) in [5.74, 6) is -0.538. The Morgan fingerprint density at radius 1 is 1.30 bits per heavy atom. The largest absolute Gasteiger partial charge is 0.351 e. The van der Waals surface area contributed by atoms with Gasteiger partial charge in [-0.2, -0.15) is 5.10 Å². The summed E-state index contributed by atoms with van der Waals surface area (Å²) in [5, 5.41) is 6.85.